The summed E-state index contributed by atoms with van der Waals surface area (Å²) in [6, 6.07) is 0. The molecule has 1 unspecified atom stereocenters. The fourth-order valence-electron chi connectivity index (χ4n) is 1.79. The molecule has 0 heterocycles. The third-order valence-electron chi connectivity index (χ3n) is 3.22. The Morgan fingerprint density at radius 3 is 2.44 bits per heavy atom. The van der Waals surface area contributed by atoms with Crippen molar-refractivity contribution in [2.24, 2.45) is 10.4 Å². The summed E-state index contributed by atoms with van der Waals surface area (Å²) in [5.74, 6) is 0. The maximum atomic E-state index is 4.00. The third kappa shape index (κ3) is 4.61. The van der Waals surface area contributed by atoms with Crippen molar-refractivity contribution in [1.29, 1.82) is 0 Å². The summed E-state index contributed by atoms with van der Waals surface area (Å²) >= 11 is 0. The Labute approximate surface area is 101 Å². The van der Waals surface area contributed by atoms with Gasteiger partial charge in [-0.1, -0.05) is 52.8 Å². The first-order valence-electron chi connectivity index (χ1n) is 6.11. The highest BCUT2D eigenvalue weighted by Crippen LogP contribution is 2.36. The maximum Gasteiger partial charge on any atom is 0.0270 e. The van der Waals surface area contributed by atoms with Crippen LogP contribution in [0.5, 0.6) is 0 Å². The number of allylic oxidation sites excluding steroid dienone is 3. The number of unbranched alkanes of at least 4 members (excludes halogenated alkanes) is 1. The van der Waals surface area contributed by atoms with Crippen molar-refractivity contribution in [3.8, 4) is 0 Å². The molecule has 90 valence electrons. The molecule has 0 aliphatic heterocycles. The number of aliphatic imine (C=N–C) groups is 1. The molecule has 0 aliphatic carbocycles. The van der Waals surface area contributed by atoms with E-state index in [-0.39, 0.29) is 5.41 Å². The lowest BCUT2D eigenvalue weighted by molar-refractivity contribution is 0.347. The van der Waals surface area contributed by atoms with Gasteiger partial charge in [-0.3, -0.25) is 4.99 Å². The molecule has 0 radical (unpaired) electrons. The van der Waals surface area contributed by atoms with Gasteiger partial charge >= 0.3 is 0 Å². The van der Waals surface area contributed by atoms with Gasteiger partial charge in [0.25, 0.3) is 0 Å². The fourth-order valence-corrected chi connectivity index (χ4v) is 1.79. The lowest BCUT2D eigenvalue weighted by Gasteiger charge is -2.29. The van der Waals surface area contributed by atoms with Crippen molar-refractivity contribution < 1.29 is 0 Å². The minimum atomic E-state index is 0.227. The molecule has 0 aromatic heterocycles. The zero-order chi connectivity index (χ0) is 12.4. The summed E-state index contributed by atoms with van der Waals surface area (Å²) in [5.41, 5.74) is 1.50. The second-order valence-corrected chi connectivity index (χ2v) is 4.32. The average Bonchev–Trinajstić information content (AvgIpc) is 2.31. The van der Waals surface area contributed by atoms with Gasteiger partial charge < -0.3 is 0 Å². The quantitative estimate of drug-likeness (QED) is 0.406. The molecule has 1 atom stereocenters. The van der Waals surface area contributed by atoms with Crippen LogP contribution in [0.25, 0.3) is 0 Å². The molecule has 1 nitrogen and oxygen atoms in total. The van der Waals surface area contributed by atoms with E-state index in [9.17, 15) is 0 Å². The predicted molar refractivity (Wildman–Crippen MR) is 74.9 cm³/mol. The van der Waals surface area contributed by atoms with Gasteiger partial charge in [0.2, 0.25) is 0 Å². The smallest absolute Gasteiger partial charge is 0.0270 e. The van der Waals surface area contributed by atoms with E-state index in [1.165, 1.54) is 24.8 Å². The molecule has 0 rings (SSSR count). The van der Waals surface area contributed by atoms with Crippen molar-refractivity contribution >= 4 is 6.21 Å². The summed E-state index contributed by atoms with van der Waals surface area (Å²) in [6.07, 6.45) is 12.2. The van der Waals surface area contributed by atoms with Gasteiger partial charge in [0.05, 0.1) is 0 Å². The van der Waals surface area contributed by atoms with E-state index in [4.69, 9.17) is 0 Å². The first-order chi connectivity index (χ1) is 7.64. The van der Waals surface area contributed by atoms with Crippen LogP contribution in [0.15, 0.2) is 42.1 Å². The Morgan fingerprint density at radius 1 is 1.31 bits per heavy atom. The molecule has 16 heavy (non-hydrogen) atoms. The van der Waals surface area contributed by atoms with E-state index in [0.717, 1.165) is 6.42 Å². The van der Waals surface area contributed by atoms with Crippen LogP contribution in [0, 0.1) is 5.41 Å². The monoisotopic (exact) mass is 219 g/mol. The Kier molecular flexibility index (Phi) is 7.53. The normalized spacial score (nSPS) is 16.1. The molecule has 0 N–H and O–H groups in total. The summed E-state index contributed by atoms with van der Waals surface area (Å²) in [4.78, 5) is 4.00. The lowest BCUT2D eigenvalue weighted by atomic mass is 9.75. The minimum Gasteiger partial charge on any atom is -0.265 e. The van der Waals surface area contributed by atoms with E-state index in [0.29, 0.717) is 0 Å². The van der Waals surface area contributed by atoms with E-state index in [1.54, 1.807) is 12.4 Å². The zero-order valence-electron chi connectivity index (χ0n) is 11.0. The van der Waals surface area contributed by atoms with Crippen LogP contribution in [0.4, 0.5) is 0 Å². The predicted octanol–water partition coefficient (Wildman–Crippen LogP) is 4.92. The summed E-state index contributed by atoms with van der Waals surface area (Å²) < 4.78 is 0. The lowest BCUT2D eigenvalue weighted by Crippen LogP contribution is -2.17. The van der Waals surface area contributed by atoms with Crippen LogP contribution in [-0.2, 0) is 0 Å². The number of rotatable bonds is 8. The fraction of sp³-hybridized carbons (Fsp3) is 0.533. The maximum absolute atomic E-state index is 4.00. The van der Waals surface area contributed by atoms with Crippen molar-refractivity contribution in [2.75, 3.05) is 0 Å². The molecule has 0 saturated carbocycles. The standard InChI is InChI=1S/C15H25N/c1-6-10-12-15(5,8-3)14(7-2)11-13-16-9-4/h7,9,11,13H,2,4,6,8,10,12H2,1,3,5H3/b14-11+,16-13-. The van der Waals surface area contributed by atoms with Gasteiger partial charge in [0, 0.05) is 12.4 Å². The largest absolute Gasteiger partial charge is 0.265 e. The first-order valence-corrected chi connectivity index (χ1v) is 6.11. The third-order valence-corrected chi connectivity index (χ3v) is 3.22. The Hall–Kier alpha value is -1.11. The van der Waals surface area contributed by atoms with Crippen molar-refractivity contribution in [3.05, 3.63) is 37.1 Å². The summed E-state index contributed by atoms with van der Waals surface area (Å²) in [6.45, 7) is 14.2. The molecule has 0 aromatic rings. The molecule has 0 bridgehead atoms. The second-order valence-electron chi connectivity index (χ2n) is 4.32. The molecule has 0 amide bonds. The highest BCUT2D eigenvalue weighted by molar-refractivity contribution is 5.73. The van der Waals surface area contributed by atoms with Gasteiger partial charge in [-0.25, -0.2) is 0 Å². The summed E-state index contributed by atoms with van der Waals surface area (Å²) in [7, 11) is 0. The van der Waals surface area contributed by atoms with Crippen molar-refractivity contribution in [2.45, 2.75) is 46.5 Å². The van der Waals surface area contributed by atoms with E-state index < -0.39 is 0 Å². The van der Waals surface area contributed by atoms with Gasteiger partial charge in [-0.05, 0) is 29.9 Å². The molecular formula is C15H25N. The Balaban J connectivity index is 4.84. The van der Waals surface area contributed by atoms with Crippen molar-refractivity contribution in [1.82, 2.24) is 0 Å². The highest BCUT2D eigenvalue weighted by atomic mass is 14.6. The van der Waals surface area contributed by atoms with E-state index in [1.807, 2.05) is 12.2 Å². The highest BCUT2D eigenvalue weighted by Gasteiger charge is 2.23. The second kappa shape index (κ2) is 8.09. The van der Waals surface area contributed by atoms with E-state index in [2.05, 4.69) is 38.9 Å². The van der Waals surface area contributed by atoms with Crippen LogP contribution >= 0.6 is 0 Å². The zero-order valence-corrected chi connectivity index (χ0v) is 11.0. The van der Waals surface area contributed by atoms with E-state index >= 15 is 0 Å². The molecule has 0 fully saturated rings. The van der Waals surface area contributed by atoms with Crippen LogP contribution in [0.2, 0.25) is 0 Å². The number of nitrogens with zero attached hydrogens (tertiary/aromatic N) is 1. The van der Waals surface area contributed by atoms with Crippen LogP contribution < -0.4 is 0 Å². The molecule has 0 aromatic carbocycles. The van der Waals surface area contributed by atoms with Crippen LogP contribution in [0.3, 0.4) is 0 Å². The number of hydrogen-bond acceptors (Lipinski definition) is 1. The van der Waals surface area contributed by atoms with Crippen LogP contribution in [0.1, 0.15) is 46.5 Å². The van der Waals surface area contributed by atoms with Crippen molar-refractivity contribution in [3.63, 3.8) is 0 Å². The summed E-state index contributed by atoms with van der Waals surface area (Å²) in [5, 5.41) is 0. The van der Waals surface area contributed by atoms with Gasteiger partial charge in [-0.15, -0.1) is 0 Å². The van der Waals surface area contributed by atoms with Gasteiger partial charge in [0.1, 0.15) is 0 Å². The molecular weight excluding hydrogens is 194 g/mol. The first kappa shape index (κ1) is 14.9. The average molecular weight is 219 g/mol. The molecule has 0 saturated heterocycles. The SMILES string of the molecule is C=C/N=C\C=C(/C=C)C(C)(CC)CCCC. The van der Waals surface area contributed by atoms with Gasteiger partial charge in [0.15, 0.2) is 0 Å². The Bertz CT molecular complexity index is 273. The Morgan fingerprint density at radius 2 is 2.00 bits per heavy atom. The molecule has 0 spiro atoms. The topological polar surface area (TPSA) is 12.4 Å². The minimum absolute atomic E-state index is 0.227. The number of hydrogen-bond donors (Lipinski definition) is 0. The van der Waals surface area contributed by atoms with Gasteiger partial charge in [-0.2, -0.15) is 0 Å². The molecule has 1 heteroatoms. The van der Waals surface area contributed by atoms with Crippen LogP contribution in [-0.4, -0.2) is 6.21 Å². The molecule has 0 aliphatic rings.